The zero-order chi connectivity index (χ0) is 15.0. The lowest BCUT2D eigenvalue weighted by Crippen LogP contribution is -2.31. The molecule has 7 heteroatoms. The molecule has 1 atom stereocenters. The fourth-order valence-electron chi connectivity index (χ4n) is 3.16. The van der Waals surface area contributed by atoms with E-state index in [4.69, 9.17) is 11.6 Å². The smallest absolute Gasteiger partial charge is 0.288 e. The summed E-state index contributed by atoms with van der Waals surface area (Å²) in [6, 6.07) is 4.25. The number of piperidine rings is 1. The highest BCUT2D eigenvalue weighted by Gasteiger charge is 2.57. The summed E-state index contributed by atoms with van der Waals surface area (Å²) >= 11 is 5.84. The van der Waals surface area contributed by atoms with Crippen LogP contribution >= 0.6 is 11.6 Å². The lowest BCUT2D eigenvalue weighted by atomic mass is 9.92. The average molecular weight is 310 g/mol. The first kappa shape index (κ1) is 14.3. The van der Waals surface area contributed by atoms with Crippen molar-refractivity contribution in [2.24, 2.45) is 11.3 Å². The number of amides is 1. The third kappa shape index (κ3) is 2.73. The minimum atomic E-state index is -0.543. The molecule has 2 fully saturated rings. The molecule has 3 rings (SSSR count). The molecule has 1 unspecified atom stereocenters. The maximum atomic E-state index is 12.3. The number of nitro groups is 1. The van der Waals surface area contributed by atoms with Crippen molar-refractivity contribution in [2.45, 2.75) is 19.3 Å². The van der Waals surface area contributed by atoms with Crippen molar-refractivity contribution in [3.8, 4) is 0 Å². The Morgan fingerprint density at radius 1 is 1.43 bits per heavy atom. The van der Waals surface area contributed by atoms with Gasteiger partial charge in [-0.05, 0) is 49.9 Å². The third-order valence-corrected chi connectivity index (χ3v) is 4.82. The van der Waals surface area contributed by atoms with Crippen LogP contribution in [0.15, 0.2) is 18.2 Å². The van der Waals surface area contributed by atoms with Crippen molar-refractivity contribution in [1.82, 2.24) is 5.32 Å². The molecule has 1 aromatic carbocycles. The van der Waals surface area contributed by atoms with E-state index in [-0.39, 0.29) is 28.0 Å². The molecule has 1 spiro atoms. The van der Waals surface area contributed by atoms with Crippen molar-refractivity contribution < 1.29 is 9.72 Å². The number of nitro benzene ring substituents is 1. The van der Waals surface area contributed by atoms with Gasteiger partial charge in [0, 0.05) is 17.7 Å². The lowest BCUT2D eigenvalue weighted by molar-refractivity contribution is -0.384. The summed E-state index contributed by atoms with van der Waals surface area (Å²) in [4.78, 5) is 22.4. The molecule has 1 aliphatic heterocycles. The molecule has 112 valence electrons. The molecule has 2 N–H and O–H groups in total. The number of hydrogen-bond donors (Lipinski definition) is 2. The number of benzene rings is 1. The van der Waals surface area contributed by atoms with Gasteiger partial charge in [-0.25, -0.2) is 0 Å². The van der Waals surface area contributed by atoms with Crippen LogP contribution in [0.3, 0.4) is 0 Å². The van der Waals surface area contributed by atoms with Crippen LogP contribution < -0.4 is 10.6 Å². The number of carbonyl (C=O) groups excluding carboxylic acids is 1. The van der Waals surface area contributed by atoms with Crippen LogP contribution in [0.25, 0.3) is 0 Å². The molecular weight excluding hydrogens is 294 g/mol. The standard InChI is InChI=1S/C14H16ClN3O3/c15-11-7-9(1-2-12(11)18(20)21)17-13(19)10-8-14(10)3-5-16-6-4-14/h1-2,7,10,16H,3-6,8H2,(H,17,19). The fraction of sp³-hybridized carbons (Fsp3) is 0.500. The van der Waals surface area contributed by atoms with E-state index < -0.39 is 4.92 Å². The Kier molecular flexibility index (Phi) is 3.59. The molecular formula is C14H16ClN3O3. The van der Waals surface area contributed by atoms with Crippen LogP contribution in [0, 0.1) is 21.4 Å². The summed E-state index contributed by atoms with van der Waals surface area (Å²) in [5.74, 6) is 0.0374. The molecule has 1 amide bonds. The fourth-order valence-corrected chi connectivity index (χ4v) is 3.41. The van der Waals surface area contributed by atoms with Gasteiger partial charge in [0.1, 0.15) is 5.02 Å². The van der Waals surface area contributed by atoms with Crippen molar-refractivity contribution in [3.63, 3.8) is 0 Å². The molecule has 2 aliphatic rings. The molecule has 1 aliphatic carbocycles. The van der Waals surface area contributed by atoms with E-state index in [1.54, 1.807) is 0 Å². The summed E-state index contributed by atoms with van der Waals surface area (Å²) in [6.07, 6.45) is 3.00. The monoisotopic (exact) mass is 309 g/mol. The van der Waals surface area contributed by atoms with Crippen LogP contribution in [0.5, 0.6) is 0 Å². The molecule has 0 bridgehead atoms. The first-order valence-electron chi connectivity index (χ1n) is 6.97. The third-order valence-electron chi connectivity index (χ3n) is 4.52. The first-order valence-corrected chi connectivity index (χ1v) is 7.35. The SMILES string of the molecule is O=C(Nc1ccc([N+](=O)[O-])c(Cl)c1)C1CC12CCNCC2. The van der Waals surface area contributed by atoms with Gasteiger partial charge in [-0.2, -0.15) is 0 Å². The van der Waals surface area contributed by atoms with Gasteiger partial charge in [0.2, 0.25) is 5.91 Å². The summed E-state index contributed by atoms with van der Waals surface area (Å²) in [5, 5.41) is 16.9. The van der Waals surface area contributed by atoms with Gasteiger partial charge in [-0.1, -0.05) is 11.6 Å². The molecule has 1 saturated heterocycles. The highest BCUT2D eigenvalue weighted by molar-refractivity contribution is 6.33. The second-order valence-corrected chi connectivity index (χ2v) is 6.19. The Morgan fingerprint density at radius 3 is 2.76 bits per heavy atom. The van der Waals surface area contributed by atoms with E-state index >= 15 is 0 Å². The van der Waals surface area contributed by atoms with Gasteiger partial charge in [-0.15, -0.1) is 0 Å². The highest BCUT2D eigenvalue weighted by Crippen LogP contribution is 2.58. The van der Waals surface area contributed by atoms with Crippen molar-refractivity contribution in [3.05, 3.63) is 33.3 Å². The normalized spacial score (nSPS) is 22.8. The Hall–Kier alpha value is -1.66. The second kappa shape index (κ2) is 5.27. The number of nitrogens with one attached hydrogen (secondary N) is 2. The molecule has 6 nitrogen and oxygen atoms in total. The second-order valence-electron chi connectivity index (χ2n) is 5.78. The average Bonchev–Trinajstić information content (AvgIpc) is 3.13. The van der Waals surface area contributed by atoms with Crippen LogP contribution in [0.2, 0.25) is 5.02 Å². The van der Waals surface area contributed by atoms with E-state index in [0.717, 1.165) is 32.4 Å². The maximum Gasteiger partial charge on any atom is 0.288 e. The molecule has 1 saturated carbocycles. The number of nitrogens with zero attached hydrogens (tertiary/aromatic N) is 1. The van der Waals surface area contributed by atoms with E-state index in [1.165, 1.54) is 18.2 Å². The van der Waals surface area contributed by atoms with E-state index in [1.807, 2.05) is 0 Å². The van der Waals surface area contributed by atoms with Crippen molar-refractivity contribution >= 4 is 28.9 Å². The quantitative estimate of drug-likeness (QED) is 0.664. The predicted octanol–water partition coefficient (Wildman–Crippen LogP) is 2.58. The summed E-state index contributed by atoms with van der Waals surface area (Å²) in [6.45, 7) is 1.93. The lowest BCUT2D eigenvalue weighted by Gasteiger charge is -2.23. The number of hydrogen-bond acceptors (Lipinski definition) is 4. The van der Waals surface area contributed by atoms with E-state index in [9.17, 15) is 14.9 Å². The summed E-state index contributed by atoms with van der Waals surface area (Å²) < 4.78 is 0. The van der Waals surface area contributed by atoms with Crippen LogP contribution in [-0.2, 0) is 4.79 Å². The Bertz CT molecular complexity index is 599. The first-order chi connectivity index (χ1) is 10.0. The van der Waals surface area contributed by atoms with Gasteiger partial charge in [0.15, 0.2) is 0 Å². The Morgan fingerprint density at radius 2 is 2.14 bits per heavy atom. The number of rotatable bonds is 3. The van der Waals surface area contributed by atoms with Crippen LogP contribution in [0.4, 0.5) is 11.4 Å². The Balaban J connectivity index is 1.66. The molecule has 0 radical (unpaired) electrons. The largest absolute Gasteiger partial charge is 0.326 e. The number of halogens is 1. The summed E-state index contributed by atoms with van der Waals surface area (Å²) in [7, 11) is 0. The van der Waals surface area contributed by atoms with Gasteiger partial charge in [0.25, 0.3) is 5.69 Å². The van der Waals surface area contributed by atoms with Gasteiger partial charge in [-0.3, -0.25) is 14.9 Å². The highest BCUT2D eigenvalue weighted by atomic mass is 35.5. The van der Waals surface area contributed by atoms with E-state index in [0.29, 0.717) is 5.69 Å². The zero-order valence-corrected chi connectivity index (χ0v) is 12.2. The molecule has 21 heavy (non-hydrogen) atoms. The Labute approximate surface area is 127 Å². The number of carbonyl (C=O) groups is 1. The number of anilines is 1. The van der Waals surface area contributed by atoms with Crippen LogP contribution in [-0.4, -0.2) is 23.9 Å². The minimum absolute atomic E-state index is 0.0122. The predicted molar refractivity (Wildman–Crippen MR) is 79.4 cm³/mol. The van der Waals surface area contributed by atoms with Gasteiger partial charge < -0.3 is 10.6 Å². The maximum absolute atomic E-state index is 12.3. The van der Waals surface area contributed by atoms with E-state index in [2.05, 4.69) is 10.6 Å². The van der Waals surface area contributed by atoms with Crippen molar-refractivity contribution in [2.75, 3.05) is 18.4 Å². The molecule has 1 heterocycles. The summed E-state index contributed by atoms with van der Waals surface area (Å²) in [5.41, 5.74) is 0.516. The zero-order valence-electron chi connectivity index (χ0n) is 11.4. The minimum Gasteiger partial charge on any atom is -0.326 e. The van der Waals surface area contributed by atoms with Gasteiger partial charge in [0.05, 0.1) is 4.92 Å². The van der Waals surface area contributed by atoms with Gasteiger partial charge >= 0.3 is 0 Å². The molecule has 1 aromatic rings. The van der Waals surface area contributed by atoms with Crippen LogP contribution in [0.1, 0.15) is 19.3 Å². The molecule has 0 aromatic heterocycles. The van der Waals surface area contributed by atoms with Crippen molar-refractivity contribution in [1.29, 1.82) is 0 Å². The topological polar surface area (TPSA) is 84.3 Å².